The van der Waals surface area contributed by atoms with Gasteiger partial charge < -0.3 is 4.52 Å². The highest BCUT2D eigenvalue weighted by molar-refractivity contribution is 5.26. The molecule has 2 aromatic heterocycles. The van der Waals surface area contributed by atoms with E-state index in [1.165, 1.54) is 5.56 Å². The number of benzene rings is 1. The van der Waals surface area contributed by atoms with Crippen molar-refractivity contribution in [1.29, 1.82) is 0 Å². The van der Waals surface area contributed by atoms with Crippen LogP contribution >= 0.6 is 0 Å². The van der Waals surface area contributed by atoms with E-state index in [1.54, 1.807) is 6.20 Å². The summed E-state index contributed by atoms with van der Waals surface area (Å²) in [6.07, 6.45) is 3.74. The maximum Gasteiger partial charge on any atom is 0.227 e. The molecule has 0 radical (unpaired) electrons. The van der Waals surface area contributed by atoms with Crippen LogP contribution in [0, 0.1) is 11.8 Å². The van der Waals surface area contributed by atoms with E-state index in [1.807, 2.05) is 48.5 Å². The molecule has 0 spiro atoms. The Morgan fingerprint density at radius 3 is 2.68 bits per heavy atom. The van der Waals surface area contributed by atoms with E-state index in [0.717, 1.165) is 5.69 Å². The summed E-state index contributed by atoms with van der Waals surface area (Å²) in [5.74, 6) is 7.41. The molecule has 0 saturated heterocycles. The summed E-state index contributed by atoms with van der Waals surface area (Å²) in [7, 11) is 0. The fourth-order valence-electron chi connectivity index (χ4n) is 2.00. The number of hydrogen-bond acceptors (Lipinski definition) is 4. The predicted octanol–water partition coefficient (Wildman–Crippen LogP) is 3.04. The second-order valence-electron chi connectivity index (χ2n) is 4.78. The van der Waals surface area contributed by atoms with Crippen LogP contribution in [0.5, 0.6) is 0 Å². The molecular weight excluding hydrogens is 274 g/mol. The summed E-state index contributed by atoms with van der Waals surface area (Å²) in [5.41, 5.74) is 1.95. The van der Waals surface area contributed by atoms with Crippen molar-refractivity contribution in [2.45, 2.75) is 19.3 Å². The van der Waals surface area contributed by atoms with Crippen LogP contribution in [0.25, 0.3) is 0 Å². The minimum Gasteiger partial charge on any atom is -0.339 e. The fourth-order valence-corrected chi connectivity index (χ4v) is 2.00. The first-order valence-corrected chi connectivity index (χ1v) is 7.15. The number of rotatable bonds is 4. The van der Waals surface area contributed by atoms with E-state index < -0.39 is 0 Å². The van der Waals surface area contributed by atoms with Gasteiger partial charge in [0.05, 0.1) is 0 Å². The molecule has 0 aliphatic rings. The van der Waals surface area contributed by atoms with Crippen LogP contribution in [0.1, 0.15) is 29.4 Å². The van der Waals surface area contributed by atoms with Gasteiger partial charge in [0, 0.05) is 25.5 Å². The summed E-state index contributed by atoms with van der Waals surface area (Å²) < 4.78 is 5.24. The van der Waals surface area contributed by atoms with Crippen LogP contribution in [0.3, 0.4) is 0 Å². The van der Waals surface area contributed by atoms with Crippen LogP contribution in [0.2, 0.25) is 0 Å². The van der Waals surface area contributed by atoms with Crippen LogP contribution < -0.4 is 0 Å². The monoisotopic (exact) mass is 289 g/mol. The maximum absolute atomic E-state index is 5.24. The van der Waals surface area contributed by atoms with E-state index in [2.05, 4.69) is 27.0 Å². The molecule has 0 aliphatic heterocycles. The lowest BCUT2D eigenvalue weighted by atomic mass is 10.1. The van der Waals surface area contributed by atoms with Gasteiger partial charge in [0.15, 0.2) is 5.82 Å². The van der Waals surface area contributed by atoms with Crippen LogP contribution in [0.4, 0.5) is 0 Å². The Balaban J connectivity index is 1.53. The molecule has 0 bridgehead atoms. The van der Waals surface area contributed by atoms with Crippen molar-refractivity contribution < 1.29 is 4.52 Å². The van der Waals surface area contributed by atoms with E-state index in [9.17, 15) is 0 Å². The Kier molecular flexibility index (Phi) is 4.58. The van der Waals surface area contributed by atoms with Gasteiger partial charge in [-0.1, -0.05) is 47.5 Å². The molecule has 22 heavy (non-hydrogen) atoms. The lowest BCUT2D eigenvalue weighted by molar-refractivity contribution is 0.375. The summed E-state index contributed by atoms with van der Waals surface area (Å²) >= 11 is 0. The summed E-state index contributed by atoms with van der Waals surface area (Å²) in [6.45, 7) is 0. The fraction of sp³-hybridized carbons (Fsp3) is 0.167. The van der Waals surface area contributed by atoms with Crippen LogP contribution in [-0.2, 0) is 12.8 Å². The van der Waals surface area contributed by atoms with Crippen LogP contribution in [-0.4, -0.2) is 15.1 Å². The predicted molar refractivity (Wildman–Crippen MR) is 83.0 cm³/mol. The van der Waals surface area contributed by atoms with E-state index in [4.69, 9.17) is 4.52 Å². The molecular formula is C18H15N3O. The molecule has 0 N–H and O–H groups in total. The zero-order valence-corrected chi connectivity index (χ0v) is 12.1. The molecule has 0 saturated carbocycles. The van der Waals surface area contributed by atoms with Crippen LogP contribution in [0.15, 0.2) is 59.3 Å². The molecule has 2 heterocycles. The molecule has 0 unspecified atom stereocenters. The van der Waals surface area contributed by atoms with Gasteiger partial charge in [-0.2, -0.15) is 4.98 Å². The normalized spacial score (nSPS) is 10.0. The summed E-state index contributed by atoms with van der Waals surface area (Å²) in [6, 6.07) is 15.8. The van der Waals surface area contributed by atoms with Gasteiger partial charge in [-0.05, 0) is 23.6 Å². The Morgan fingerprint density at radius 1 is 1.00 bits per heavy atom. The summed E-state index contributed by atoms with van der Waals surface area (Å²) in [5, 5.41) is 4.00. The smallest absolute Gasteiger partial charge is 0.227 e. The highest BCUT2D eigenvalue weighted by Crippen LogP contribution is 2.07. The average Bonchev–Trinajstić information content (AvgIpc) is 3.01. The third-order valence-corrected chi connectivity index (χ3v) is 3.06. The number of aromatic nitrogens is 3. The lowest BCUT2D eigenvalue weighted by Gasteiger charge is -1.93. The van der Waals surface area contributed by atoms with Gasteiger partial charge in [-0.15, -0.1) is 0 Å². The van der Waals surface area contributed by atoms with E-state index in [0.29, 0.717) is 31.0 Å². The Hall–Kier alpha value is -2.93. The largest absolute Gasteiger partial charge is 0.339 e. The van der Waals surface area contributed by atoms with Gasteiger partial charge in [0.25, 0.3) is 0 Å². The van der Waals surface area contributed by atoms with Crippen molar-refractivity contribution in [3.63, 3.8) is 0 Å². The second-order valence-corrected chi connectivity index (χ2v) is 4.78. The first kappa shape index (κ1) is 14.0. The molecule has 0 atom stereocenters. The molecule has 4 nitrogen and oxygen atoms in total. The standard InChI is InChI=1S/C18H15N3O/c1-2-8-15(9-3-1)14-17-20-18(22-21-17)12-5-4-10-16-11-6-7-13-19-16/h1-3,6-9,11,13H,5,12,14H2. The highest BCUT2D eigenvalue weighted by Gasteiger charge is 2.06. The number of hydrogen-bond donors (Lipinski definition) is 0. The molecule has 3 rings (SSSR count). The van der Waals surface area contributed by atoms with Crippen molar-refractivity contribution in [2.75, 3.05) is 0 Å². The van der Waals surface area contributed by atoms with Crippen molar-refractivity contribution in [2.24, 2.45) is 0 Å². The Bertz CT molecular complexity index is 770. The third-order valence-electron chi connectivity index (χ3n) is 3.06. The van der Waals surface area contributed by atoms with Gasteiger partial charge >= 0.3 is 0 Å². The number of pyridine rings is 1. The molecule has 1 aromatic carbocycles. The quantitative estimate of drug-likeness (QED) is 0.693. The molecule has 0 amide bonds. The molecule has 0 fully saturated rings. The van der Waals surface area contributed by atoms with Gasteiger partial charge in [0.2, 0.25) is 5.89 Å². The lowest BCUT2D eigenvalue weighted by Crippen LogP contribution is -1.91. The number of aryl methyl sites for hydroxylation is 1. The van der Waals surface area contributed by atoms with Gasteiger partial charge in [-0.3, -0.25) is 0 Å². The first-order valence-electron chi connectivity index (χ1n) is 7.15. The van der Waals surface area contributed by atoms with E-state index >= 15 is 0 Å². The van der Waals surface area contributed by atoms with Crippen molar-refractivity contribution in [3.8, 4) is 11.8 Å². The maximum atomic E-state index is 5.24. The van der Waals surface area contributed by atoms with Crippen molar-refractivity contribution in [3.05, 3.63) is 77.7 Å². The molecule has 0 aliphatic carbocycles. The molecule has 4 heteroatoms. The number of nitrogens with zero attached hydrogens (tertiary/aromatic N) is 3. The first-order chi connectivity index (χ1) is 10.9. The van der Waals surface area contributed by atoms with Crippen molar-refractivity contribution in [1.82, 2.24) is 15.1 Å². The zero-order chi connectivity index (χ0) is 15.0. The summed E-state index contributed by atoms with van der Waals surface area (Å²) in [4.78, 5) is 8.54. The third kappa shape index (κ3) is 4.03. The van der Waals surface area contributed by atoms with Gasteiger partial charge in [0.1, 0.15) is 5.69 Å². The minimum absolute atomic E-state index is 0.626. The SMILES string of the molecule is C(#Cc1ccccn1)CCc1nc(Cc2ccccc2)no1. The molecule has 108 valence electrons. The molecule has 3 aromatic rings. The Labute approximate surface area is 129 Å². The average molecular weight is 289 g/mol. The zero-order valence-electron chi connectivity index (χ0n) is 12.1. The van der Waals surface area contributed by atoms with Crippen molar-refractivity contribution >= 4 is 0 Å². The highest BCUT2D eigenvalue weighted by atomic mass is 16.5. The minimum atomic E-state index is 0.626. The Morgan fingerprint density at radius 2 is 1.86 bits per heavy atom. The second kappa shape index (κ2) is 7.19. The van der Waals surface area contributed by atoms with E-state index in [-0.39, 0.29) is 0 Å². The van der Waals surface area contributed by atoms with Gasteiger partial charge in [-0.25, -0.2) is 4.98 Å². The topological polar surface area (TPSA) is 51.8 Å².